The van der Waals surface area contributed by atoms with E-state index in [9.17, 15) is 14.5 Å². The first-order valence-corrected chi connectivity index (χ1v) is 7.07. The second-order valence-corrected chi connectivity index (χ2v) is 5.02. The number of hydrogen-bond donors (Lipinski definition) is 1. The zero-order valence-corrected chi connectivity index (χ0v) is 12.3. The van der Waals surface area contributed by atoms with Crippen molar-refractivity contribution in [2.75, 3.05) is 31.6 Å². The summed E-state index contributed by atoms with van der Waals surface area (Å²) in [6.45, 7) is 4.28. The van der Waals surface area contributed by atoms with E-state index in [0.717, 1.165) is 32.0 Å². The number of nitro groups is 1. The number of nitrogens with zero attached hydrogens (tertiary/aromatic N) is 2. The van der Waals surface area contributed by atoms with E-state index in [1.54, 1.807) is 0 Å². The van der Waals surface area contributed by atoms with E-state index >= 15 is 0 Å². The van der Waals surface area contributed by atoms with Crippen molar-refractivity contribution in [1.29, 1.82) is 0 Å². The Morgan fingerprint density at radius 3 is 2.86 bits per heavy atom. The number of hydrogen-bond acceptors (Lipinski definition) is 5. The van der Waals surface area contributed by atoms with E-state index in [4.69, 9.17) is 4.74 Å². The van der Waals surface area contributed by atoms with Crippen LogP contribution in [0.2, 0.25) is 0 Å². The normalized spacial score (nSPS) is 18.3. The molecule has 116 valence electrons. The molecule has 1 saturated heterocycles. The van der Waals surface area contributed by atoms with E-state index in [0.29, 0.717) is 12.2 Å². The third-order valence-electron chi connectivity index (χ3n) is 3.81. The van der Waals surface area contributed by atoms with Gasteiger partial charge in [0.2, 0.25) is 0 Å². The van der Waals surface area contributed by atoms with Gasteiger partial charge in [0.1, 0.15) is 5.69 Å². The summed E-state index contributed by atoms with van der Waals surface area (Å²) in [4.78, 5) is 12.6. The molecule has 0 radical (unpaired) electrons. The first-order valence-electron chi connectivity index (χ1n) is 7.07. The lowest BCUT2D eigenvalue weighted by molar-refractivity contribution is -0.384. The summed E-state index contributed by atoms with van der Waals surface area (Å²) in [6, 6.07) is 2.52. The largest absolute Gasteiger partial charge is 0.494 e. The van der Waals surface area contributed by atoms with Gasteiger partial charge in [-0.25, -0.2) is 4.39 Å². The van der Waals surface area contributed by atoms with Gasteiger partial charge >= 0.3 is 0 Å². The van der Waals surface area contributed by atoms with Crippen molar-refractivity contribution in [2.24, 2.45) is 0 Å². The smallest absolute Gasteiger partial charge is 0.295 e. The molecule has 0 aliphatic carbocycles. The molecule has 1 N–H and O–H groups in total. The van der Waals surface area contributed by atoms with Gasteiger partial charge in [-0.3, -0.25) is 10.1 Å². The molecule has 2 rings (SSSR count). The second-order valence-electron chi connectivity index (χ2n) is 5.02. The molecule has 0 aromatic heterocycles. The Morgan fingerprint density at radius 1 is 1.57 bits per heavy atom. The number of nitro benzene ring substituents is 1. The molecular formula is C14H20FN3O3. The van der Waals surface area contributed by atoms with Gasteiger partial charge in [0, 0.05) is 25.2 Å². The molecule has 0 bridgehead atoms. The van der Waals surface area contributed by atoms with Crippen molar-refractivity contribution in [3.63, 3.8) is 0 Å². The topological polar surface area (TPSA) is 67.6 Å². The van der Waals surface area contributed by atoms with E-state index in [1.807, 2.05) is 11.8 Å². The second kappa shape index (κ2) is 6.71. The summed E-state index contributed by atoms with van der Waals surface area (Å²) in [6.07, 6.45) is 1.98. The van der Waals surface area contributed by atoms with Crippen LogP contribution < -0.4 is 15.0 Å². The van der Waals surface area contributed by atoms with E-state index in [-0.39, 0.29) is 17.5 Å². The van der Waals surface area contributed by atoms with Crippen molar-refractivity contribution in [3.8, 4) is 5.75 Å². The molecule has 1 aliphatic rings. The number of ether oxygens (including phenoxy) is 1. The van der Waals surface area contributed by atoms with E-state index in [1.165, 1.54) is 13.2 Å². The molecule has 1 aromatic rings. The highest BCUT2D eigenvalue weighted by molar-refractivity contribution is 5.66. The van der Waals surface area contributed by atoms with Gasteiger partial charge in [-0.2, -0.15) is 0 Å². The molecule has 1 atom stereocenters. The Hall–Kier alpha value is -1.89. The Morgan fingerprint density at radius 2 is 2.33 bits per heavy atom. The van der Waals surface area contributed by atoms with Crippen LogP contribution in [0.3, 0.4) is 0 Å². The number of benzene rings is 1. The van der Waals surface area contributed by atoms with Crippen LogP contribution in [-0.4, -0.2) is 37.7 Å². The first kappa shape index (κ1) is 15.5. The van der Waals surface area contributed by atoms with Crippen LogP contribution in [0.4, 0.5) is 15.8 Å². The third kappa shape index (κ3) is 3.24. The highest BCUT2D eigenvalue weighted by Gasteiger charge is 2.28. The molecule has 1 fully saturated rings. The van der Waals surface area contributed by atoms with Crippen molar-refractivity contribution in [3.05, 3.63) is 28.1 Å². The van der Waals surface area contributed by atoms with Crippen LogP contribution in [0, 0.1) is 15.9 Å². The number of methoxy groups -OCH3 is 1. The third-order valence-corrected chi connectivity index (χ3v) is 3.81. The molecule has 0 amide bonds. The Bertz CT molecular complexity index is 518. The van der Waals surface area contributed by atoms with Crippen LogP contribution in [0.5, 0.6) is 5.75 Å². The minimum Gasteiger partial charge on any atom is -0.494 e. The quantitative estimate of drug-likeness (QED) is 0.667. The molecule has 6 nitrogen and oxygen atoms in total. The molecule has 1 heterocycles. The van der Waals surface area contributed by atoms with Crippen molar-refractivity contribution < 1.29 is 14.1 Å². The fraction of sp³-hybridized carbons (Fsp3) is 0.571. The van der Waals surface area contributed by atoms with E-state index in [2.05, 4.69) is 5.32 Å². The van der Waals surface area contributed by atoms with Gasteiger partial charge in [-0.05, 0) is 26.3 Å². The van der Waals surface area contributed by atoms with Gasteiger partial charge in [0.05, 0.1) is 18.1 Å². The van der Waals surface area contributed by atoms with Crippen LogP contribution in [0.15, 0.2) is 12.1 Å². The maximum Gasteiger partial charge on any atom is 0.295 e. The summed E-state index contributed by atoms with van der Waals surface area (Å²) < 4.78 is 18.7. The summed E-state index contributed by atoms with van der Waals surface area (Å²) >= 11 is 0. The standard InChI is InChI=1S/C14H20FN3O3/c1-3-17(10-5-4-6-16-9-10)12-8-14(21-2)11(15)7-13(12)18(19)20/h7-8,10,16H,3-6,9H2,1-2H3. The maximum atomic E-state index is 13.7. The number of likely N-dealkylation sites (N-methyl/N-ethyl adjacent to an activating group) is 1. The van der Waals surface area contributed by atoms with Crippen molar-refractivity contribution in [1.82, 2.24) is 5.32 Å². The molecule has 1 unspecified atom stereocenters. The zero-order valence-electron chi connectivity index (χ0n) is 12.3. The fourth-order valence-corrected chi connectivity index (χ4v) is 2.79. The van der Waals surface area contributed by atoms with E-state index < -0.39 is 10.7 Å². The number of piperidine rings is 1. The minimum absolute atomic E-state index is 0.0258. The van der Waals surface area contributed by atoms with Gasteiger partial charge in [-0.1, -0.05) is 0 Å². The predicted octanol–water partition coefficient (Wildman–Crippen LogP) is 2.32. The highest BCUT2D eigenvalue weighted by Crippen LogP contribution is 2.36. The van der Waals surface area contributed by atoms with Crippen LogP contribution in [0.1, 0.15) is 19.8 Å². The lowest BCUT2D eigenvalue weighted by atomic mass is 10.0. The molecule has 0 spiro atoms. The molecule has 7 heteroatoms. The summed E-state index contributed by atoms with van der Waals surface area (Å²) in [5.74, 6) is -0.691. The lowest BCUT2D eigenvalue weighted by Gasteiger charge is -2.35. The molecular weight excluding hydrogens is 277 g/mol. The van der Waals surface area contributed by atoms with Crippen molar-refractivity contribution in [2.45, 2.75) is 25.8 Å². The van der Waals surface area contributed by atoms with Crippen molar-refractivity contribution >= 4 is 11.4 Å². The van der Waals surface area contributed by atoms with Gasteiger partial charge < -0.3 is 15.0 Å². The number of rotatable bonds is 5. The van der Waals surface area contributed by atoms with Crippen LogP contribution >= 0.6 is 0 Å². The fourth-order valence-electron chi connectivity index (χ4n) is 2.79. The van der Waals surface area contributed by atoms with Gasteiger partial charge in [0.25, 0.3) is 5.69 Å². The minimum atomic E-state index is -0.717. The average molecular weight is 297 g/mol. The van der Waals surface area contributed by atoms with Crippen LogP contribution in [-0.2, 0) is 0 Å². The lowest BCUT2D eigenvalue weighted by Crippen LogP contribution is -2.46. The molecule has 21 heavy (non-hydrogen) atoms. The van der Waals surface area contributed by atoms with Crippen LogP contribution in [0.25, 0.3) is 0 Å². The highest BCUT2D eigenvalue weighted by atomic mass is 19.1. The SMILES string of the molecule is CCN(c1cc(OC)c(F)cc1[N+](=O)[O-])C1CCCNC1. The molecule has 0 saturated carbocycles. The summed E-state index contributed by atoms with van der Waals surface area (Å²) in [5, 5.41) is 14.5. The predicted molar refractivity (Wildman–Crippen MR) is 78.5 cm³/mol. The number of halogens is 1. The van der Waals surface area contributed by atoms with Gasteiger partial charge in [0.15, 0.2) is 11.6 Å². The maximum absolute atomic E-state index is 13.7. The zero-order chi connectivity index (χ0) is 15.4. The Labute approximate surface area is 123 Å². The Kier molecular flexibility index (Phi) is 4.95. The number of nitrogens with one attached hydrogen (secondary N) is 1. The summed E-state index contributed by atoms with van der Waals surface area (Å²) in [5.41, 5.74) is 0.190. The average Bonchev–Trinajstić information content (AvgIpc) is 2.50. The molecule has 1 aliphatic heterocycles. The Balaban J connectivity index is 2.44. The first-order chi connectivity index (χ1) is 10.1. The van der Waals surface area contributed by atoms with Gasteiger partial charge in [-0.15, -0.1) is 0 Å². The summed E-state index contributed by atoms with van der Waals surface area (Å²) in [7, 11) is 1.35. The number of anilines is 1. The monoisotopic (exact) mass is 297 g/mol. The molecule has 1 aromatic carbocycles.